The molecule has 1 aromatic heterocycles. The molecule has 5 heteroatoms. The van der Waals surface area contributed by atoms with Gasteiger partial charge in [0.1, 0.15) is 0 Å². The Bertz CT molecular complexity index is 258. The smallest absolute Gasteiger partial charge is 0.169 e. The molecular formula is C9H17N3O2. The maximum Gasteiger partial charge on any atom is 0.169 e. The Kier molecular flexibility index (Phi) is 4.58. The van der Waals surface area contributed by atoms with Gasteiger partial charge in [0.15, 0.2) is 6.29 Å². The maximum atomic E-state index is 5.04. The van der Waals surface area contributed by atoms with Gasteiger partial charge in [-0.2, -0.15) is 0 Å². The highest BCUT2D eigenvalue weighted by Crippen LogP contribution is 1.95. The summed E-state index contributed by atoms with van der Waals surface area (Å²) >= 11 is 0. The molecule has 0 saturated heterocycles. The predicted octanol–water partition coefficient (Wildman–Crippen LogP) is 0.129. The average molecular weight is 199 g/mol. The zero-order valence-corrected chi connectivity index (χ0v) is 8.86. The van der Waals surface area contributed by atoms with Crippen molar-refractivity contribution in [2.45, 2.75) is 12.8 Å². The van der Waals surface area contributed by atoms with Crippen LogP contribution in [0.25, 0.3) is 0 Å². The Labute approximate surface area is 84.0 Å². The van der Waals surface area contributed by atoms with Gasteiger partial charge >= 0.3 is 0 Å². The maximum absolute atomic E-state index is 5.04. The highest BCUT2D eigenvalue weighted by Gasteiger charge is 2.04. The van der Waals surface area contributed by atoms with Gasteiger partial charge in [-0.15, -0.1) is 0 Å². The van der Waals surface area contributed by atoms with Crippen LogP contribution in [-0.4, -0.2) is 36.6 Å². The second-order valence-corrected chi connectivity index (χ2v) is 3.03. The predicted molar refractivity (Wildman–Crippen MR) is 52.7 cm³/mol. The largest absolute Gasteiger partial charge is 0.355 e. The minimum atomic E-state index is -0.191. The van der Waals surface area contributed by atoms with Gasteiger partial charge in [-0.25, -0.2) is 4.98 Å². The minimum Gasteiger partial charge on any atom is -0.355 e. The second kappa shape index (κ2) is 5.74. The molecule has 0 aliphatic carbocycles. The number of rotatable bonds is 6. The Morgan fingerprint density at radius 1 is 1.50 bits per heavy atom. The zero-order chi connectivity index (χ0) is 10.4. The first-order valence-electron chi connectivity index (χ1n) is 4.49. The van der Waals surface area contributed by atoms with E-state index in [0.29, 0.717) is 6.54 Å². The van der Waals surface area contributed by atoms with Crippen molar-refractivity contribution in [3.63, 3.8) is 0 Å². The fourth-order valence-electron chi connectivity index (χ4n) is 1.14. The molecule has 80 valence electrons. The number of hydrogen-bond donors (Lipinski definition) is 1. The van der Waals surface area contributed by atoms with Crippen molar-refractivity contribution in [3.8, 4) is 0 Å². The number of aromatic nitrogens is 2. The lowest BCUT2D eigenvalue weighted by atomic mass is 10.4. The summed E-state index contributed by atoms with van der Waals surface area (Å²) in [7, 11) is 5.22. The van der Waals surface area contributed by atoms with Crippen LogP contribution in [0.3, 0.4) is 0 Å². The van der Waals surface area contributed by atoms with E-state index in [1.807, 2.05) is 17.8 Å². The summed E-state index contributed by atoms with van der Waals surface area (Å²) in [4.78, 5) is 4.02. The highest BCUT2D eigenvalue weighted by atomic mass is 16.7. The molecule has 0 fully saturated rings. The second-order valence-electron chi connectivity index (χ2n) is 3.03. The van der Waals surface area contributed by atoms with Crippen LogP contribution in [0, 0.1) is 0 Å². The molecule has 1 aromatic rings. The van der Waals surface area contributed by atoms with E-state index in [4.69, 9.17) is 9.47 Å². The Balaban J connectivity index is 2.24. The van der Waals surface area contributed by atoms with Gasteiger partial charge in [0.05, 0.1) is 12.0 Å². The van der Waals surface area contributed by atoms with E-state index in [1.165, 1.54) is 0 Å². The van der Waals surface area contributed by atoms with Gasteiger partial charge in [-0.1, -0.05) is 0 Å². The van der Waals surface area contributed by atoms with Crippen LogP contribution in [0.4, 0.5) is 0 Å². The number of imidazole rings is 1. The Morgan fingerprint density at radius 3 is 2.71 bits per heavy atom. The summed E-state index contributed by atoms with van der Waals surface area (Å²) in [5.74, 6) is 0. The standard InChI is InChI=1S/C9H17N3O2/c1-12-7-11-5-8(12)4-10-6-9(13-2)14-3/h5,7,9-10H,4,6H2,1-3H3. The van der Waals surface area contributed by atoms with Crippen molar-refractivity contribution < 1.29 is 9.47 Å². The molecule has 5 nitrogen and oxygen atoms in total. The highest BCUT2D eigenvalue weighted by molar-refractivity contribution is 4.96. The van der Waals surface area contributed by atoms with Gasteiger partial charge in [0, 0.05) is 40.6 Å². The van der Waals surface area contributed by atoms with Crippen molar-refractivity contribution in [2.75, 3.05) is 20.8 Å². The van der Waals surface area contributed by atoms with E-state index in [0.717, 1.165) is 12.2 Å². The third-order valence-electron chi connectivity index (χ3n) is 2.06. The zero-order valence-electron chi connectivity index (χ0n) is 8.86. The van der Waals surface area contributed by atoms with E-state index < -0.39 is 0 Å². The number of hydrogen-bond acceptors (Lipinski definition) is 4. The summed E-state index contributed by atoms with van der Waals surface area (Å²) in [6.07, 6.45) is 3.42. The van der Waals surface area contributed by atoms with E-state index in [2.05, 4.69) is 10.3 Å². The van der Waals surface area contributed by atoms with Crippen molar-refractivity contribution in [1.82, 2.24) is 14.9 Å². The molecule has 0 radical (unpaired) electrons. The van der Waals surface area contributed by atoms with E-state index in [1.54, 1.807) is 20.5 Å². The first-order chi connectivity index (χ1) is 6.77. The van der Waals surface area contributed by atoms with Crippen molar-refractivity contribution in [2.24, 2.45) is 7.05 Å². The number of ether oxygens (including phenoxy) is 2. The molecule has 0 unspecified atom stereocenters. The third kappa shape index (κ3) is 3.10. The summed E-state index contributed by atoms with van der Waals surface area (Å²) < 4.78 is 12.1. The molecule has 1 N–H and O–H groups in total. The monoisotopic (exact) mass is 199 g/mol. The quantitative estimate of drug-likeness (QED) is 0.661. The lowest BCUT2D eigenvalue weighted by Crippen LogP contribution is -2.29. The molecule has 0 atom stereocenters. The molecule has 0 aromatic carbocycles. The van der Waals surface area contributed by atoms with Gasteiger partial charge in [-0.3, -0.25) is 0 Å². The van der Waals surface area contributed by atoms with Gasteiger partial charge < -0.3 is 19.4 Å². The number of nitrogens with one attached hydrogen (secondary N) is 1. The van der Waals surface area contributed by atoms with E-state index in [-0.39, 0.29) is 6.29 Å². The van der Waals surface area contributed by atoms with Crippen LogP contribution in [0.15, 0.2) is 12.5 Å². The number of methoxy groups -OCH3 is 2. The Hall–Kier alpha value is -0.910. The summed E-state index contributed by atoms with van der Waals surface area (Å²) in [5, 5.41) is 3.22. The van der Waals surface area contributed by atoms with Gasteiger partial charge in [0.25, 0.3) is 0 Å². The molecule has 0 bridgehead atoms. The molecule has 1 rings (SSSR count). The lowest BCUT2D eigenvalue weighted by Gasteiger charge is -2.13. The Morgan fingerprint density at radius 2 is 2.21 bits per heavy atom. The third-order valence-corrected chi connectivity index (χ3v) is 2.06. The van der Waals surface area contributed by atoms with Gasteiger partial charge in [0.2, 0.25) is 0 Å². The van der Waals surface area contributed by atoms with Crippen LogP contribution in [0.2, 0.25) is 0 Å². The number of nitrogens with zero attached hydrogens (tertiary/aromatic N) is 2. The van der Waals surface area contributed by atoms with Crippen LogP contribution in [-0.2, 0) is 23.1 Å². The molecule has 0 spiro atoms. The first kappa shape index (κ1) is 11.2. The fraction of sp³-hybridized carbons (Fsp3) is 0.667. The fourth-order valence-corrected chi connectivity index (χ4v) is 1.14. The average Bonchev–Trinajstić information content (AvgIpc) is 2.59. The van der Waals surface area contributed by atoms with Crippen molar-refractivity contribution in [3.05, 3.63) is 18.2 Å². The van der Waals surface area contributed by atoms with Crippen LogP contribution in [0.5, 0.6) is 0 Å². The molecular weight excluding hydrogens is 182 g/mol. The topological polar surface area (TPSA) is 48.3 Å². The molecule has 0 aliphatic rings. The van der Waals surface area contributed by atoms with Crippen LogP contribution < -0.4 is 5.32 Å². The van der Waals surface area contributed by atoms with Crippen LogP contribution in [0.1, 0.15) is 5.69 Å². The SMILES string of the molecule is COC(CNCc1cncn1C)OC. The van der Waals surface area contributed by atoms with Crippen LogP contribution >= 0.6 is 0 Å². The normalized spacial score (nSPS) is 11.1. The summed E-state index contributed by atoms with van der Waals surface area (Å²) in [6.45, 7) is 1.43. The van der Waals surface area contributed by atoms with Crippen molar-refractivity contribution >= 4 is 0 Å². The summed E-state index contributed by atoms with van der Waals surface area (Å²) in [6, 6.07) is 0. The molecule has 0 amide bonds. The molecule has 1 heterocycles. The molecule has 14 heavy (non-hydrogen) atoms. The number of aryl methyl sites for hydroxylation is 1. The summed E-state index contributed by atoms with van der Waals surface area (Å²) in [5.41, 5.74) is 1.14. The lowest BCUT2D eigenvalue weighted by molar-refractivity contribution is -0.0989. The molecule has 0 saturated carbocycles. The minimum absolute atomic E-state index is 0.191. The van der Waals surface area contributed by atoms with Gasteiger partial charge in [-0.05, 0) is 0 Å². The van der Waals surface area contributed by atoms with E-state index >= 15 is 0 Å². The van der Waals surface area contributed by atoms with E-state index in [9.17, 15) is 0 Å². The van der Waals surface area contributed by atoms with Crippen molar-refractivity contribution in [1.29, 1.82) is 0 Å². The molecule has 0 aliphatic heterocycles. The first-order valence-corrected chi connectivity index (χ1v) is 4.49.